The third kappa shape index (κ3) is 3.60. The predicted molar refractivity (Wildman–Crippen MR) is 93.6 cm³/mol. The summed E-state index contributed by atoms with van der Waals surface area (Å²) in [6.07, 6.45) is 2.25. The van der Waals surface area contributed by atoms with Crippen molar-refractivity contribution >= 4 is 5.97 Å². The molecule has 4 nitrogen and oxygen atoms in total. The van der Waals surface area contributed by atoms with Crippen molar-refractivity contribution in [3.05, 3.63) is 65.2 Å². The number of hydrogen-bond acceptors (Lipinski definition) is 3. The van der Waals surface area contributed by atoms with E-state index in [9.17, 15) is 4.79 Å². The van der Waals surface area contributed by atoms with Gasteiger partial charge in [-0.1, -0.05) is 24.3 Å². The number of carboxylic acid groups (broad SMARTS) is 1. The number of rotatable bonds is 6. The molecular formula is C20H23NO3. The highest BCUT2D eigenvalue weighted by Gasteiger charge is 2.33. The molecule has 0 saturated heterocycles. The first-order valence-electron chi connectivity index (χ1n) is 8.23. The molecular weight excluding hydrogens is 302 g/mol. The standard InChI is InChI=1S/C20H23NO3/c1-21(13-14-5-3-7-16(9-14)20(22)23)18-10-17(11-18)15-6-4-8-19(12-15)24-2/h3-9,12,17-18H,10-11,13H2,1-2H3,(H,22,23). The summed E-state index contributed by atoms with van der Waals surface area (Å²) in [5.74, 6) is 0.619. The molecule has 1 saturated carbocycles. The van der Waals surface area contributed by atoms with E-state index in [0.717, 1.165) is 30.7 Å². The maximum absolute atomic E-state index is 11.1. The summed E-state index contributed by atoms with van der Waals surface area (Å²) in [6, 6.07) is 16.0. The minimum Gasteiger partial charge on any atom is -0.497 e. The molecule has 0 aromatic heterocycles. The Morgan fingerprint density at radius 3 is 2.67 bits per heavy atom. The molecule has 1 aliphatic carbocycles. The van der Waals surface area contributed by atoms with E-state index in [1.165, 1.54) is 5.56 Å². The highest BCUT2D eigenvalue weighted by atomic mass is 16.5. The number of carboxylic acids is 1. The second-order valence-electron chi connectivity index (χ2n) is 6.52. The van der Waals surface area contributed by atoms with Crippen LogP contribution in [0.1, 0.15) is 40.2 Å². The molecule has 4 heteroatoms. The van der Waals surface area contributed by atoms with Crippen LogP contribution >= 0.6 is 0 Å². The predicted octanol–water partition coefficient (Wildman–Crippen LogP) is 3.77. The van der Waals surface area contributed by atoms with Crippen LogP contribution in [0.25, 0.3) is 0 Å². The first kappa shape index (κ1) is 16.5. The van der Waals surface area contributed by atoms with Crippen molar-refractivity contribution in [2.75, 3.05) is 14.2 Å². The Morgan fingerprint density at radius 1 is 1.21 bits per heavy atom. The summed E-state index contributed by atoms with van der Waals surface area (Å²) in [7, 11) is 3.81. The average Bonchev–Trinajstić information content (AvgIpc) is 2.54. The van der Waals surface area contributed by atoms with E-state index in [2.05, 4.69) is 24.1 Å². The molecule has 1 N–H and O–H groups in total. The molecule has 0 aliphatic heterocycles. The second kappa shape index (κ2) is 7.05. The number of benzene rings is 2. The van der Waals surface area contributed by atoms with Crippen molar-refractivity contribution in [2.24, 2.45) is 0 Å². The van der Waals surface area contributed by atoms with E-state index in [-0.39, 0.29) is 0 Å². The molecule has 0 heterocycles. The maximum Gasteiger partial charge on any atom is 0.335 e. The zero-order valence-electron chi connectivity index (χ0n) is 14.1. The third-order valence-corrected chi connectivity index (χ3v) is 4.91. The van der Waals surface area contributed by atoms with E-state index < -0.39 is 5.97 Å². The molecule has 1 fully saturated rings. The number of aromatic carboxylic acids is 1. The Labute approximate surface area is 142 Å². The van der Waals surface area contributed by atoms with Gasteiger partial charge in [-0.05, 0) is 61.2 Å². The van der Waals surface area contributed by atoms with Crippen molar-refractivity contribution in [1.29, 1.82) is 0 Å². The van der Waals surface area contributed by atoms with Crippen LogP contribution in [0.3, 0.4) is 0 Å². The highest BCUT2D eigenvalue weighted by Crippen LogP contribution is 2.40. The van der Waals surface area contributed by atoms with E-state index in [1.807, 2.05) is 24.3 Å². The molecule has 0 spiro atoms. The minimum atomic E-state index is -0.874. The lowest BCUT2D eigenvalue weighted by Crippen LogP contribution is -2.41. The number of hydrogen-bond donors (Lipinski definition) is 1. The zero-order valence-corrected chi connectivity index (χ0v) is 14.1. The molecule has 0 amide bonds. The third-order valence-electron chi connectivity index (χ3n) is 4.91. The van der Waals surface area contributed by atoms with Gasteiger partial charge in [0, 0.05) is 12.6 Å². The summed E-state index contributed by atoms with van der Waals surface area (Å²) in [6.45, 7) is 0.774. The molecule has 2 aromatic rings. The van der Waals surface area contributed by atoms with Crippen LogP contribution in [0.15, 0.2) is 48.5 Å². The van der Waals surface area contributed by atoms with Crippen LogP contribution in [-0.2, 0) is 6.54 Å². The Morgan fingerprint density at radius 2 is 1.96 bits per heavy atom. The number of carbonyl (C=O) groups is 1. The maximum atomic E-state index is 11.1. The Bertz CT molecular complexity index is 722. The Hall–Kier alpha value is -2.33. The minimum absolute atomic E-state index is 0.351. The van der Waals surface area contributed by atoms with E-state index in [4.69, 9.17) is 9.84 Å². The first-order valence-corrected chi connectivity index (χ1v) is 8.23. The first-order chi connectivity index (χ1) is 11.6. The van der Waals surface area contributed by atoms with Gasteiger partial charge in [-0.15, -0.1) is 0 Å². The van der Waals surface area contributed by atoms with Crippen molar-refractivity contribution in [1.82, 2.24) is 4.90 Å². The van der Waals surface area contributed by atoms with Gasteiger partial charge in [0.15, 0.2) is 0 Å². The van der Waals surface area contributed by atoms with Gasteiger partial charge in [-0.25, -0.2) is 4.79 Å². The fourth-order valence-electron chi connectivity index (χ4n) is 3.34. The molecule has 0 radical (unpaired) electrons. The lowest BCUT2D eigenvalue weighted by Gasteiger charge is -2.41. The monoisotopic (exact) mass is 325 g/mol. The number of methoxy groups -OCH3 is 1. The summed E-state index contributed by atoms with van der Waals surface area (Å²) >= 11 is 0. The lowest BCUT2D eigenvalue weighted by molar-refractivity contribution is 0.0696. The topological polar surface area (TPSA) is 49.8 Å². The van der Waals surface area contributed by atoms with Crippen molar-refractivity contribution in [3.8, 4) is 5.75 Å². The number of ether oxygens (including phenoxy) is 1. The van der Waals surface area contributed by atoms with Gasteiger partial charge in [0.1, 0.15) is 5.75 Å². The molecule has 2 aromatic carbocycles. The molecule has 0 unspecified atom stereocenters. The van der Waals surface area contributed by atoms with Crippen LogP contribution in [0.4, 0.5) is 0 Å². The van der Waals surface area contributed by atoms with Gasteiger partial charge in [0.25, 0.3) is 0 Å². The zero-order chi connectivity index (χ0) is 17.1. The van der Waals surface area contributed by atoms with Crippen LogP contribution in [0.2, 0.25) is 0 Å². The van der Waals surface area contributed by atoms with Crippen LogP contribution in [0, 0.1) is 0 Å². The van der Waals surface area contributed by atoms with Gasteiger partial charge in [0.2, 0.25) is 0 Å². The summed E-state index contributed by atoms with van der Waals surface area (Å²) in [5.41, 5.74) is 2.73. The van der Waals surface area contributed by atoms with Gasteiger partial charge >= 0.3 is 5.97 Å². The molecule has 1 aliphatic rings. The summed E-state index contributed by atoms with van der Waals surface area (Å²) in [4.78, 5) is 13.4. The normalized spacial score (nSPS) is 19.8. The lowest BCUT2D eigenvalue weighted by atomic mass is 9.75. The van der Waals surface area contributed by atoms with E-state index in [1.54, 1.807) is 19.2 Å². The molecule has 0 atom stereocenters. The van der Waals surface area contributed by atoms with Gasteiger partial charge in [0.05, 0.1) is 12.7 Å². The highest BCUT2D eigenvalue weighted by molar-refractivity contribution is 5.87. The molecule has 0 bridgehead atoms. The SMILES string of the molecule is COc1cccc(C2CC(N(C)Cc3cccc(C(=O)O)c3)C2)c1. The second-order valence-corrected chi connectivity index (χ2v) is 6.52. The van der Waals surface area contributed by atoms with Crippen molar-refractivity contribution in [2.45, 2.75) is 31.3 Å². The van der Waals surface area contributed by atoms with Gasteiger partial charge in [-0.2, -0.15) is 0 Å². The van der Waals surface area contributed by atoms with Gasteiger partial charge < -0.3 is 9.84 Å². The van der Waals surface area contributed by atoms with Crippen molar-refractivity contribution < 1.29 is 14.6 Å². The van der Waals surface area contributed by atoms with Crippen LogP contribution in [0.5, 0.6) is 5.75 Å². The van der Waals surface area contributed by atoms with Crippen LogP contribution < -0.4 is 4.74 Å². The number of nitrogens with zero attached hydrogens (tertiary/aromatic N) is 1. The Balaban J connectivity index is 1.57. The van der Waals surface area contributed by atoms with E-state index >= 15 is 0 Å². The summed E-state index contributed by atoms with van der Waals surface area (Å²) < 4.78 is 5.30. The largest absolute Gasteiger partial charge is 0.497 e. The Kier molecular flexibility index (Phi) is 4.86. The van der Waals surface area contributed by atoms with E-state index in [0.29, 0.717) is 17.5 Å². The molecule has 24 heavy (non-hydrogen) atoms. The van der Waals surface area contributed by atoms with Crippen molar-refractivity contribution in [3.63, 3.8) is 0 Å². The average molecular weight is 325 g/mol. The fraction of sp³-hybridized carbons (Fsp3) is 0.350. The molecule has 126 valence electrons. The molecule has 3 rings (SSSR count). The fourth-order valence-corrected chi connectivity index (χ4v) is 3.34. The smallest absolute Gasteiger partial charge is 0.335 e. The van der Waals surface area contributed by atoms with Gasteiger partial charge in [-0.3, -0.25) is 4.90 Å². The summed E-state index contributed by atoms with van der Waals surface area (Å²) in [5, 5.41) is 9.09. The quantitative estimate of drug-likeness (QED) is 0.878. The van der Waals surface area contributed by atoms with Crippen LogP contribution in [-0.4, -0.2) is 36.2 Å².